The number of carbonyl (C=O) groups is 1. The molecule has 0 bridgehead atoms. The Morgan fingerprint density at radius 3 is 2.36 bits per heavy atom. The van der Waals surface area contributed by atoms with Gasteiger partial charge in [0, 0.05) is 24.2 Å². The molecule has 25 heavy (non-hydrogen) atoms. The standard InChI is InChI=1S/C18H19ClN2O4/c1-18(2,3)11-20-17(22)12-4-7-14(8-5-12)25-16-9-6-13(21(23)24)10-15(16)19/h4-10H,11H2,1-3H3,(H,20,22). The van der Waals surface area contributed by atoms with E-state index >= 15 is 0 Å². The van der Waals surface area contributed by atoms with Crippen molar-refractivity contribution in [3.8, 4) is 11.5 Å². The molecule has 0 aromatic heterocycles. The number of nitro groups is 1. The largest absolute Gasteiger partial charge is 0.456 e. The zero-order chi connectivity index (χ0) is 18.6. The minimum Gasteiger partial charge on any atom is -0.456 e. The molecule has 0 saturated heterocycles. The molecule has 132 valence electrons. The second-order valence-electron chi connectivity index (χ2n) is 6.74. The quantitative estimate of drug-likeness (QED) is 0.610. The van der Waals surface area contributed by atoms with Crippen LogP contribution in [-0.2, 0) is 0 Å². The van der Waals surface area contributed by atoms with Crippen LogP contribution in [0.5, 0.6) is 11.5 Å². The molecule has 0 aliphatic heterocycles. The van der Waals surface area contributed by atoms with Gasteiger partial charge in [0.25, 0.3) is 11.6 Å². The highest BCUT2D eigenvalue weighted by Gasteiger charge is 2.14. The van der Waals surface area contributed by atoms with E-state index in [2.05, 4.69) is 5.32 Å². The van der Waals surface area contributed by atoms with Crippen LogP contribution in [0.15, 0.2) is 42.5 Å². The number of nitrogens with one attached hydrogen (secondary N) is 1. The predicted octanol–water partition coefficient (Wildman–Crippen LogP) is 4.82. The summed E-state index contributed by atoms with van der Waals surface area (Å²) in [5.74, 6) is 0.621. The van der Waals surface area contributed by atoms with Crippen LogP contribution in [0.1, 0.15) is 31.1 Å². The Morgan fingerprint density at radius 1 is 1.20 bits per heavy atom. The van der Waals surface area contributed by atoms with Crippen LogP contribution in [0.2, 0.25) is 5.02 Å². The first kappa shape index (κ1) is 18.7. The Bertz CT molecular complexity index is 783. The van der Waals surface area contributed by atoms with Crippen LogP contribution < -0.4 is 10.1 Å². The molecular formula is C18H19ClN2O4. The molecule has 0 radical (unpaired) electrons. The van der Waals surface area contributed by atoms with E-state index in [1.807, 2.05) is 20.8 Å². The van der Waals surface area contributed by atoms with Gasteiger partial charge in [-0.25, -0.2) is 0 Å². The molecule has 1 amide bonds. The highest BCUT2D eigenvalue weighted by atomic mass is 35.5. The monoisotopic (exact) mass is 362 g/mol. The molecule has 0 aliphatic rings. The maximum absolute atomic E-state index is 12.1. The van der Waals surface area contributed by atoms with Crippen LogP contribution in [0.3, 0.4) is 0 Å². The SMILES string of the molecule is CC(C)(C)CNC(=O)c1ccc(Oc2ccc([N+](=O)[O-])cc2Cl)cc1. The van der Waals surface area contributed by atoms with Gasteiger partial charge in [-0.2, -0.15) is 0 Å². The van der Waals surface area contributed by atoms with Gasteiger partial charge in [-0.05, 0) is 35.7 Å². The summed E-state index contributed by atoms with van der Waals surface area (Å²) in [5.41, 5.74) is 0.417. The van der Waals surface area contributed by atoms with Crippen LogP contribution in [0, 0.1) is 15.5 Å². The fraction of sp³-hybridized carbons (Fsp3) is 0.278. The Morgan fingerprint density at radius 2 is 1.84 bits per heavy atom. The van der Waals surface area contributed by atoms with Gasteiger partial charge in [-0.1, -0.05) is 32.4 Å². The third-order valence-electron chi connectivity index (χ3n) is 3.25. The number of nitro benzene ring substituents is 1. The van der Waals surface area contributed by atoms with Crippen molar-refractivity contribution in [1.29, 1.82) is 0 Å². The van der Waals surface area contributed by atoms with E-state index in [1.165, 1.54) is 18.2 Å². The molecule has 0 fully saturated rings. The fourth-order valence-corrected chi connectivity index (χ4v) is 2.15. The molecule has 2 aromatic carbocycles. The Kier molecular flexibility index (Phi) is 5.64. The maximum Gasteiger partial charge on any atom is 0.271 e. The van der Waals surface area contributed by atoms with Gasteiger partial charge in [0.15, 0.2) is 0 Å². The number of ether oxygens (including phenoxy) is 1. The molecular weight excluding hydrogens is 344 g/mol. The predicted molar refractivity (Wildman–Crippen MR) is 96.4 cm³/mol. The number of nitrogens with zero attached hydrogens (tertiary/aromatic N) is 1. The molecule has 1 N–H and O–H groups in total. The van der Waals surface area contributed by atoms with E-state index in [0.29, 0.717) is 23.6 Å². The van der Waals surface area contributed by atoms with Crippen LogP contribution in [0.25, 0.3) is 0 Å². The van der Waals surface area contributed by atoms with Crippen molar-refractivity contribution in [3.63, 3.8) is 0 Å². The van der Waals surface area contributed by atoms with Gasteiger partial charge in [-0.3, -0.25) is 14.9 Å². The van der Waals surface area contributed by atoms with Crippen molar-refractivity contribution in [1.82, 2.24) is 5.32 Å². The number of amides is 1. The number of carbonyl (C=O) groups excluding carboxylic acids is 1. The molecule has 0 heterocycles. The third-order valence-corrected chi connectivity index (χ3v) is 3.55. The Labute approximate surface area is 150 Å². The summed E-state index contributed by atoms with van der Waals surface area (Å²) < 4.78 is 5.61. The van der Waals surface area contributed by atoms with Crippen LogP contribution in [0.4, 0.5) is 5.69 Å². The lowest BCUT2D eigenvalue weighted by Gasteiger charge is -2.18. The first-order chi connectivity index (χ1) is 11.7. The van der Waals surface area contributed by atoms with Gasteiger partial charge in [0.05, 0.1) is 9.95 Å². The first-order valence-electron chi connectivity index (χ1n) is 7.66. The number of rotatable bonds is 5. The minimum absolute atomic E-state index is 0.00534. The lowest BCUT2D eigenvalue weighted by atomic mass is 9.97. The van der Waals surface area contributed by atoms with Crippen molar-refractivity contribution < 1.29 is 14.5 Å². The smallest absolute Gasteiger partial charge is 0.271 e. The maximum atomic E-state index is 12.1. The minimum atomic E-state index is -0.527. The van der Waals surface area contributed by atoms with Gasteiger partial charge >= 0.3 is 0 Å². The van der Waals surface area contributed by atoms with Crippen LogP contribution in [-0.4, -0.2) is 17.4 Å². The number of hydrogen-bond donors (Lipinski definition) is 1. The van der Waals surface area contributed by atoms with E-state index in [-0.39, 0.29) is 22.0 Å². The average Bonchev–Trinajstić information content (AvgIpc) is 2.54. The number of non-ortho nitro benzene ring substituents is 1. The number of halogens is 1. The van der Waals surface area contributed by atoms with Crippen molar-refractivity contribution in [2.24, 2.45) is 5.41 Å². The van der Waals surface area contributed by atoms with Crippen molar-refractivity contribution in [2.75, 3.05) is 6.54 Å². The number of hydrogen-bond acceptors (Lipinski definition) is 4. The molecule has 0 saturated carbocycles. The second kappa shape index (κ2) is 7.53. The van der Waals surface area contributed by atoms with E-state index in [4.69, 9.17) is 16.3 Å². The fourth-order valence-electron chi connectivity index (χ4n) is 1.93. The average molecular weight is 363 g/mol. The molecule has 7 heteroatoms. The van der Waals surface area contributed by atoms with Crippen molar-refractivity contribution in [3.05, 3.63) is 63.2 Å². The summed E-state index contributed by atoms with van der Waals surface area (Å²) in [5, 5.41) is 13.7. The van der Waals surface area contributed by atoms with Gasteiger partial charge in [0.2, 0.25) is 0 Å². The molecule has 0 spiro atoms. The molecule has 2 rings (SSSR count). The van der Waals surface area contributed by atoms with E-state index < -0.39 is 4.92 Å². The highest BCUT2D eigenvalue weighted by molar-refractivity contribution is 6.32. The third kappa shape index (κ3) is 5.46. The molecule has 0 aliphatic carbocycles. The number of benzene rings is 2. The second-order valence-corrected chi connectivity index (χ2v) is 7.15. The van der Waals surface area contributed by atoms with Crippen LogP contribution >= 0.6 is 11.6 Å². The highest BCUT2D eigenvalue weighted by Crippen LogP contribution is 2.32. The first-order valence-corrected chi connectivity index (χ1v) is 8.03. The zero-order valence-electron chi connectivity index (χ0n) is 14.2. The topological polar surface area (TPSA) is 81.5 Å². The normalized spacial score (nSPS) is 11.0. The van der Waals surface area contributed by atoms with E-state index in [0.717, 1.165) is 0 Å². The Balaban J connectivity index is 2.05. The lowest BCUT2D eigenvalue weighted by molar-refractivity contribution is -0.384. The van der Waals surface area contributed by atoms with Gasteiger partial charge in [-0.15, -0.1) is 0 Å². The summed E-state index contributed by atoms with van der Waals surface area (Å²) in [6, 6.07) is 10.6. The van der Waals surface area contributed by atoms with Crippen molar-refractivity contribution >= 4 is 23.2 Å². The summed E-state index contributed by atoms with van der Waals surface area (Å²) in [7, 11) is 0. The van der Waals surface area contributed by atoms with E-state index in [9.17, 15) is 14.9 Å². The molecule has 0 atom stereocenters. The van der Waals surface area contributed by atoms with Gasteiger partial charge in [0.1, 0.15) is 11.5 Å². The summed E-state index contributed by atoms with van der Waals surface area (Å²) in [4.78, 5) is 22.3. The zero-order valence-corrected chi connectivity index (χ0v) is 15.0. The molecule has 2 aromatic rings. The van der Waals surface area contributed by atoms with E-state index in [1.54, 1.807) is 24.3 Å². The Hall–Kier alpha value is -2.60. The summed E-state index contributed by atoms with van der Waals surface area (Å²) in [6.45, 7) is 6.69. The van der Waals surface area contributed by atoms with Crippen molar-refractivity contribution in [2.45, 2.75) is 20.8 Å². The molecule has 6 nitrogen and oxygen atoms in total. The van der Waals surface area contributed by atoms with Gasteiger partial charge < -0.3 is 10.1 Å². The summed E-state index contributed by atoms with van der Waals surface area (Å²) in [6.07, 6.45) is 0. The molecule has 0 unspecified atom stereocenters. The summed E-state index contributed by atoms with van der Waals surface area (Å²) >= 11 is 6.00. The lowest BCUT2D eigenvalue weighted by Crippen LogP contribution is -2.32.